The molecule has 1 aromatic carbocycles. The highest BCUT2D eigenvalue weighted by Gasteiger charge is 2.33. The molecule has 0 bridgehead atoms. The van der Waals surface area contributed by atoms with Crippen LogP contribution < -0.4 is 4.74 Å². The molecular formula is C22H30N2O4S. The van der Waals surface area contributed by atoms with Gasteiger partial charge in [-0.15, -0.1) is 10.2 Å². The molecule has 1 heterocycles. The van der Waals surface area contributed by atoms with Gasteiger partial charge < -0.3 is 13.9 Å². The highest BCUT2D eigenvalue weighted by Crippen LogP contribution is 2.35. The Morgan fingerprint density at radius 3 is 2.69 bits per heavy atom. The second kappa shape index (κ2) is 10.1. The van der Waals surface area contributed by atoms with Crippen LogP contribution in [0.15, 0.2) is 33.9 Å². The Hall–Kier alpha value is -2.02. The van der Waals surface area contributed by atoms with Crippen molar-refractivity contribution in [1.82, 2.24) is 10.2 Å². The summed E-state index contributed by atoms with van der Waals surface area (Å²) < 4.78 is 16.6. The summed E-state index contributed by atoms with van der Waals surface area (Å²) in [5.41, 5.74) is 1.05. The number of esters is 1. The smallest absolute Gasteiger partial charge is 0.316 e. The quantitative estimate of drug-likeness (QED) is 0.452. The van der Waals surface area contributed by atoms with Crippen molar-refractivity contribution >= 4 is 17.7 Å². The van der Waals surface area contributed by atoms with Crippen molar-refractivity contribution in [3.05, 3.63) is 35.7 Å². The van der Waals surface area contributed by atoms with E-state index >= 15 is 0 Å². The average molecular weight is 419 g/mol. The number of hydrogen-bond donors (Lipinski definition) is 0. The van der Waals surface area contributed by atoms with Crippen molar-refractivity contribution in [2.75, 3.05) is 12.9 Å². The molecule has 0 spiro atoms. The molecule has 1 saturated carbocycles. The van der Waals surface area contributed by atoms with Gasteiger partial charge in [0.25, 0.3) is 5.22 Å². The monoisotopic (exact) mass is 418 g/mol. The third-order valence-corrected chi connectivity index (χ3v) is 6.31. The van der Waals surface area contributed by atoms with Gasteiger partial charge in [0.05, 0.1) is 13.5 Å². The predicted molar refractivity (Wildman–Crippen MR) is 112 cm³/mol. The molecular weight excluding hydrogens is 388 g/mol. The number of thioether (sulfide) groups is 1. The predicted octanol–water partition coefficient (Wildman–Crippen LogP) is 4.77. The lowest BCUT2D eigenvalue weighted by molar-refractivity contribution is -0.152. The Morgan fingerprint density at radius 2 is 2.00 bits per heavy atom. The van der Waals surface area contributed by atoms with Gasteiger partial charge in [0.2, 0.25) is 5.89 Å². The van der Waals surface area contributed by atoms with Crippen molar-refractivity contribution in [1.29, 1.82) is 0 Å². The molecule has 0 aliphatic heterocycles. The molecule has 3 rings (SSSR count). The fourth-order valence-electron chi connectivity index (χ4n) is 3.86. The average Bonchev–Trinajstić information content (AvgIpc) is 3.14. The van der Waals surface area contributed by atoms with Crippen LogP contribution in [0.2, 0.25) is 0 Å². The number of carbonyl (C=O) groups excluding carboxylic acids is 1. The maximum Gasteiger partial charge on any atom is 0.316 e. The van der Waals surface area contributed by atoms with Crippen molar-refractivity contribution in [3.8, 4) is 5.75 Å². The van der Waals surface area contributed by atoms with Crippen LogP contribution in [0.1, 0.15) is 51.5 Å². The largest absolute Gasteiger partial charge is 0.497 e. The number of benzene rings is 1. The van der Waals surface area contributed by atoms with Crippen molar-refractivity contribution in [3.63, 3.8) is 0 Å². The number of hydrogen-bond acceptors (Lipinski definition) is 7. The van der Waals surface area contributed by atoms with Crippen molar-refractivity contribution in [2.45, 2.75) is 57.8 Å². The summed E-state index contributed by atoms with van der Waals surface area (Å²) in [5.74, 6) is 2.86. The van der Waals surface area contributed by atoms with Gasteiger partial charge in [-0.1, -0.05) is 51.1 Å². The molecule has 3 unspecified atom stereocenters. The molecule has 1 aliphatic rings. The van der Waals surface area contributed by atoms with Crippen molar-refractivity contribution in [2.24, 2.45) is 17.8 Å². The number of methoxy groups -OCH3 is 1. The molecule has 1 fully saturated rings. The van der Waals surface area contributed by atoms with Crippen molar-refractivity contribution < 1.29 is 18.7 Å². The van der Waals surface area contributed by atoms with Crippen LogP contribution >= 0.6 is 11.8 Å². The minimum atomic E-state index is -0.213. The standard InChI is InChI=1S/C22H30N2O4S/c1-14(2)18-10-5-15(3)11-19(18)27-21(25)13-29-22-24-23-20(28-22)12-16-6-8-17(26-4)9-7-16/h6-9,14-15,18-19H,5,10-13H2,1-4H3. The Balaban J connectivity index is 1.48. The molecule has 7 heteroatoms. The first-order valence-electron chi connectivity index (χ1n) is 10.2. The second-order valence-corrected chi connectivity index (χ2v) is 9.06. The Labute approximate surface area is 176 Å². The van der Waals surface area contributed by atoms with Crippen LogP contribution in [-0.4, -0.2) is 35.1 Å². The van der Waals surface area contributed by atoms with E-state index < -0.39 is 0 Å². The summed E-state index contributed by atoms with van der Waals surface area (Å²) in [4.78, 5) is 12.4. The van der Waals surface area contributed by atoms with E-state index in [1.165, 1.54) is 18.2 Å². The zero-order valence-corrected chi connectivity index (χ0v) is 18.4. The van der Waals surface area contributed by atoms with E-state index in [0.29, 0.717) is 35.3 Å². The number of rotatable bonds is 8. The molecule has 3 atom stereocenters. The first-order chi connectivity index (χ1) is 13.9. The van der Waals surface area contributed by atoms with E-state index in [1.54, 1.807) is 7.11 Å². The maximum atomic E-state index is 12.4. The van der Waals surface area contributed by atoms with Crippen LogP contribution in [0.4, 0.5) is 0 Å². The van der Waals surface area contributed by atoms with E-state index in [0.717, 1.165) is 24.2 Å². The summed E-state index contributed by atoms with van der Waals surface area (Å²) in [6.45, 7) is 6.65. The fourth-order valence-corrected chi connectivity index (χ4v) is 4.42. The van der Waals surface area contributed by atoms with Gasteiger partial charge in [-0.25, -0.2) is 0 Å². The van der Waals surface area contributed by atoms with Crippen LogP contribution in [0.25, 0.3) is 0 Å². The molecule has 0 N–H and O–H groups in total. The Bertz CT molecular complexity index is 790. The first-order valence-corrected chi connectivity index (χ1v) is 11.2. The van der Waals surface area contributed by atoms with Gasteiger partial charge >= 0.3 is 5.97 Å². The van der Waals surface area contributed by atoms with Crippen LogP contribution in [-0.2, 0) is 16.0 Å². The minimum absolute atomic E-state index is 0.0140. The van der Waals surface area contributed by atoms with Gasteiger partial charge in [-0.3, -0.25) is 4.79 Å². The van der Waals surface area contributed by atoms with Gasteiger partial charge in [0, 0.05) is 0 Å². The lowest BCUT2D eigenvalue weighted by atomic mass is 9.75. The van der Waals surface area contributed by atoms with Crippen LogP contribution in [0.5, 0.6) is 5.75 Å². The summed E-state index contributed by atoms with van der Waals surface area (Å²) in [5, 5.41) is 8.50. The first kappa shape index (κ1) is 21.7. The molecule has 158 valence electrons. The molecule has 1 aromatic heterocycles. The lowest BCUT2D eigenvalue weighted by Gasteiger charge is -2.36. The molecule has 2 aromatic rings. The second-order valence-electron chi connectivity index (χ2n) is 8.13. The Morgan fingerprint density at radius 1 is 1.24 bits per heavy atom. The SMILES string of the molecule is COc1ccc(Cc2nnc(SCC(=O)OC3CC(C)CCC3C(C)C)o2)cc1. The molecule has 1 aliphatic carbocycles. The molecule has 0 amide bonds. The van der Waals surface area contributed by atoms with Gasteiger partial charge in [0.15, 0.2) is 0 Å². The van der Waals surface area contributed by atoms with E-state index in [-0.39, 0.29) is 17.8 Å². The topological polar surface area (TPSA) is 74.5 Å². The van der Waals surface area contributed by atoms with E-state index in [2.05, 4.69) is 31.0 Å². The Kier molecular flexibility index (Phi) is 7.58. The molecule has 0 radical (unpaired) electrons. The van der Waals surface area contributed by atoms with Crippen LogP contribution in [0, 0.1) is 17.8 Å². The maximum absolute atomic E-state index is 12.4. The number of nitrogens with zero attached hydrogens (tertiary/aromatic N) is 2. The van der Waals surface area contributed by atoms with Crippen LogP contribution in [0.3, 0.4) is 0 Å². The van der Waals surface area contributed by atoms with E-state index in [4.69, 9.17) is 13.9 Å². The number of aromatic nitrogens is 2. The third-order valence-electron chi connectivity index (χ3n) is 5.52. The zero-order chi connectivity index (χ0) is 20.8. The van der Waals surface area contributed by atoms with Gasteiger partial charge in [0.1, 0.15) is 17.6 Å². The normalized spacial score (nSPS) is 21.9. The number of carbonyl (C=O) groups is 1. The fraction of sp³-hybridized carbons (Fsp3) is 0.591. The third kappa shape index (κ3) is 6.23. The highest BCUT2D eigenvalue weighted by molar-refractivity contribution is 7.99. The van der Waals surface area contributed by atoms with Gasteiger partial charge in [-0.2, -0.15) is 0 Å². The summed E-state index contributed by atoms with van der Waals surface area (Å²) in [7, 11) is 1.64. The molecule has 0 saturated heterocycles. The van der Waals surface area contributed by atoms with E-state index in [1.807, 2.05) is 24.3 Å². The lowest BCUT2D eigenvalue weighted by Crippen LogP contribution is -2.36. The summed E-state index contributed by atoms with van der Waals surface area (Å²) in [6.07, 6.45) is 3.84. The minimum Gasteiger partial charge on any atom is -0.497 e. The number of ether oxygens (including phenoxy) is 2. The molecule has 6 nitrogen and oxygen atoms in total. The summed E-state index contributed by atoms with van der Waals surface area (Å²) >= 11 is 1.23. The van der Waals surface area contributed by atoms with E-state index in [9.17, 15) is 4.79 Å². The molecule has 29 heavy (non-hydrogen) atoms. The summed E-state index contributed by atoms with van der Waals surface area (Å²) in [6, 6.07) is 7.72. The highest BCUT2D eigenvalue weighted by atomic mass is 32.2. The zero-order valence-electron chi connectivity index (χ0n) is 17.6. The van der Waals surface area contributed by atoms with Gasteiger partial charge in [-0.05, 0) is 48.3 Å².